The fraction of sp³-hybridized carbons (Fsp3) is 0.214. The van der Waals surface area contributed by atoms with Crippen molar-refractivity contribution in [2.75, 3.05) is 11.9 Å². The molecule has 0 aliphatic rings. The number of anilines is 1. The number of hydrogen-bond acceptors (Lipinski definition) is 3. The second-order valence-corrected chi connectivity index (χ2v) is 5.06. The highest BCUT2D eigenvalue weighted by Gasteiger charge is 2.07. The smallest absolute Gasteiger partial charge is 0.0703 e. The third-order valence-electron chi connectivity index (χ3n) is 2.80. The van der Waals surface area contributed by atoms with E-state index in [-0.39, 0.29) is 6.61 Å². The molecule has 0 radical (unpaired) electrons. The predicted octanol–water partition coefficient (Wildman–Crippen LogP) is 2.97. The van der Waals surface area contributed by atoms with Gasteiger partial charge in [0.2, 0.25) is 0 Å². The molecule has 0 spiro atoms. The van der Waals surface area contributed by atoms with Gasteiger partial charge in [-0.15, -0.1) is 0 Å². The van der Waals surface area contributed by atoms with E-state index in [0.29, 0.717) is 0 Å². The van der Waals surface area contributed by atoms with E-state index in [1.807, 2.05) is 25.2 Å². The van der Waals surface area contributed by atoms with Crippen LogP contribution in [0.25, 0.3) is 0 Å². The van der Waals surface area contributed by atoms with E-state index in [1.54, 1.807) is 12.4 Å². The molecule has 1 heterocycles. The van der Waals surface area contributed by atoms with E-state index < -0.39 is 0 Å². The maximum atomic E-state index is 9.31. The van der Waals surface area contributed by atoms with Gasteiger partial charge < -0.3 is 10.0 Å². The fourth-order valence-corrected chi connectivity index (χ4v) is 2.11. The van der Waals surface area contributed by atoms with Gasteiger partial charge in [-0.2, -0.15) is 0 Å². The number of aromatic nitrogens is 1. The van der Waals surface area contributed by atoms with Crippen LogP contribution >= 0.6 is 15.9 Å². The molecule has 0 saturated carbocycles. The van der Waals surface area contributed by atoms with Crippen molar-refractivity contribution in [1.82, 2.24) is 4.98 Å². The zero-order valence-electron chi connectivity index (χ0n) is 10.2. The van der Waals surface area contributed by atoms with Gasteiger partial charge >= 0.3 is 0 Å². The van der Waals surface area contributed by atoms with Gasteiger partial charge in [-0.25, -0.2) is 0 Å². The van der Waals surface area contributed by atoms with Crippen molar-refractivity contribution < 1.29 is 5.11 Å². The number of hydrogen-bond donors (Lipinski definition) is 1. The number of aliphatic hydroxyl groups excluding tert-OH is 1. The van der Waals surface area contributed by atoms with E-state index in [4.69, 9.17) is 0 Å². The van der Waals surface area contributed by atoms with Crippen molar-refractivity contribution in [3.8, 4) is 0 Å². The highest BCUT2D eigenvalue weighted by molar-refractivity contribution is 9.10. The molecule has 0 fully saturated rings. The zero-order valence-corrected chi connectivity index (χ0v) is 11.8. The topological polar surface area (TPSA) is 36.4 Å². The highest BCUT2D eigenvalue weighted by atomic mass is 79.9. The molecule has 0 aliphatic heterocycles. The van der Waals surface area contributed by atoms with Gasteiger partial charge in [0.25, 0.3) is 0 Å². The number of rotatable bonds is 4. The SMILES string of the molecule is CN(Cc1ccc(Br)cc1)c1cnccc1CO. The quantitative estimate of drug-likeness (QED) is 0.943. The molecule has 4 heteroatoms. The Labute approximate surface area is 115 Å². The van der Waals surface area contributed by atoms with E-state index in [2.05, 4.69) is 37.9 Å². The molecule has 0 amide bonds. The minimum atomic E-state index is 0.0303. The Hall–Kier alpha value is -1.39. The van der Waals surface area contributed by atoms with Gasteiger partial charge in [0, 0.05) is 29.8 Å². The summed E-state index contributed by atoms with van der Waals surface area (Å²) in [5, 5.41) is 9.31. The minimum Gasteiger partial charge on any atom is -0.392 e. The summed E-state index contributed by atoms with van der Waals surface area (Å²) in [5.74, 6) is 0. The van der Waals surface area contributed by atoms with Crippen LogP contribution in [0.2, 0.25) is 0 Å². The van der Waals surface area contributed by atoms with Crippen molar-refractivity contribution in [3.05, 3.63) is 58.3 Å². The Balaban J connectivity index is 2.16. The summed E-state index contributed by atoms with van der Waals surface area (Å²) in [6.07, 6.45) is 3.48. The zero-order chi connectivity index (χ0) is 13.0. The molecule has 18 heavy (non-hydrogen) atoms. The first-order valence-corrected chi connectivity index (χ1v) is 6.49. The molecule has 94 valence electrons. The lowest BCUT2D eigenvalue weighted by Crippen LogP contribution is -2.18. The van der Waals surface area contributed by atoms with Gasteiger partial charge in [-0.3, -0.25) is 4.98 Å². The van der Waals surface area contributed by atoms with Crippen LogP contribution in [-0.4, -0.2) is 17.1 Å². The van der Waals surface area contributed by atoms with E-state index in [9.17, 15) is 5.11 Å². The van der Waals surface area contributed by atoms with Gasteiger partial charge in [0.15, 0.2) is 0 Å². The lowest BCUT2D eigenvalue weighted by molar-refractivity contribution is 0.282. The maximum absolute atomic E-state index is 9.31. The first kappa shape index (κ1) is 13.1. The summed E-state index contributed by atoms with van der Waals surface area (Å²) in [6, 6.07) is 10.1. The van der Waals surface area contributed by atoms with Crippen molar-refractivity contribution in [2.24, 2.45) is 0 Å². The van der Waals surface area contributed by atoms with Crippen LogP contribution in [-0.2, 0) is 13.2 Å². The molecule has 2 rings (SSSR count). The second-order valence-electron chi connectivity index (χ2n) is 4.15. The summed E-state index contributed by atoms with van der Waals surface area (Å²) in [5.41, 5.74) is 3.07. The molecule has 0 aliphatic carbocycles. The Morgan fingerprint density at radius 3 is 2.61 bits per heavy atom. The summed E-state index contributed by atoms with van der Waals surface area (Å²) in [7, 11) is 2.00. The summed E-state index contributed by atoms with van der Waals surface area (Å²) >= 11 is 3.42. The number of halogens is 1. The first-order chi connectivity index (χ1) is 8.70. The Morgan fingerprint density at radius 2 is 1.94 bits per heavy atom. The largest absolute Gasteiger partial charge is 0.392 e. The summed E-state index contributed by atoms with van der Waals surface area (Å²) in [4.78, 5) is 6.19. The Bertz CT molecular complexity index is 513. The molecule has 3 nitrogen and oxygen atoms in total. The van der Waals surface area contributed by atoms with Crippen LogP contribution in [0, 0.1) is 0 Å². The van der Waals surface area contributed by atoms with Crippen LogP contribution < -0.4 is 4.90 Å². The van der Waals surface area contributed by atoms with Crippen molar-refractivity contribution >= 4 is 21.6 Å². The predicted molar refractivity (Wildman–Crippen MR) is 76.4 cm³/mol. The van der Waals surface area contributed by atoms with Crippen LogP contribution in [0.4, 0.5) is 5.69 Å². The monoisotopic (exact) mass is 306 g/mol. The van der Waals surface area contributed by atoms with Crippen LogP contribution in [0.15, 0.2) is 47.2 Å². The molecule has 2 aromatic rings. The number of aliphatic hydroxyl groups is 1. The van der Waals surface area contributed by atoms with Crippen LogP contribution in [0.5, 0.6) is 0 Å². The lowest BCUT2D eigenvalue weighted by Gasteiger charge is -2.21. The molecule has 1 aromatic carbocycles. The standard InChI is InChI=1S/C14H15BrN2O/c1-17(9-11-2-4-13(15)5-3-11)14-8-16-7-6-12(14)10-18/h2-8,18H,9-10H2,1H3. The first-order valence-electron chi connectivity index (χ1n) is 5.70. The Morgan fingerprint density at radius 1 is 1.22 bits per heavy atom. The molecular formula is C14H15BrN2O. The van der Waals surface area contributed by atoms with E-state index in [0.717, 1.165) is 22.3 Å². The molecule has 0 unspecified atom stereocenters. The van der Waals surface area contributed by atoms with Gasteiger partial charge in [0.1, 0.15) is 0 Å². The molecule has 0 atom stereocenters. The fourth-order valence-electron chi connectivity index (χ4n) is 1.84. The van der Waals surface area contributed by atoms with E-state index in [1.165, 1.54) is 5.56 Å². The minimum absolute atomic E-state index is 0.0303. The number of nitrogens with zero attached hydrogens (tertiary/aromatic N) is 2. The van der Waals surface area contributed by atoms with Crippen molar-refractivity contribution in [2.45, 2.75) is 13.2 Å². The average Bonchev–Trinajstić information content (AvgIpc) is 2.41. The molecule has 0 saturated heterocycles. The third-order valence-corrected chi connectivity index (χ3v) is 3.33. The summed E-state index contributed by atoms with van der Waals surface area (Å²) in [6.45, 7) is 0.814. The maximum Gasteiger partial charge on any atom is 0.0703 e. The second kappa shape index (κ2) is 5.98. The number of benzene rings is 1. The molecular weight excluding hydrogens is 292 g/mol. The van der Waals surface area contributed by atoms with Crippen LogP contribution in [0.3, 0.4) is 0 Å². The Kier molecular flexibility index (Phi) is 4.33. The van der Waals surface area contributed by atoms with Gasteiger partial charge in [-0.05, 0) is 23.8 Å². The van der Waals surface area contributed by atoms with Gasteiger partial charge in [-0.1, -0.05) is 28.1 Å². The van der Waals surface area contributed by atoms with Crippen molar-refractivity contribution in [3.63, 3.8) is 0 Å². The molecule has 1 aromatic heterocycles. The van der Waals surface area contributed by atoms with Crippen molar-refractivity contribution in [1.29, 1.82) is 0 Å². The number of pyridine rings is 1. The van der Waals surface area contributed by atoms with Gasteiger partial charge in [0.05, 0.1) is 18.5 Å². The average molecular weight is 307 g/mol. The summed E-state index contributed by atoms with van der Waals surface area (Å²) < 4.78 is 1.08. The van der Waals surface area contributed by atoms with E-state index >= 15 is 0 Å². The lowest BCUT2D eigenvalue weighted by atomic mass is 10.2. The van der Waals surface area contributed by atoms with Crippen LogP contribution in [0.1, 0.15) is 11.1 Å². The molecule has 1 N–H and O–H groups in total. The molecule has 0 bridgehead atoms. The third kappa shape index (κ3) is 3.09. The normalized spacial score (nSPS) is 10.4. The highest BCUT2D eigenvalue weighted by Crippen LogP contribution is 2.20.